The summed E-state index contributed by atoms with van der Waals surface area (Å²) in [6.45, 7) is 9.18. The molecule has 12 nitrogen and oxygen atoms in total. The topological polar surface area (TPSA) is 171 Å². The molecule has 4 aromatic heterocycles. The fourth-order valence-corrected chi connectivity index (χ4v) is 8.01. The molecule has 0 atom stereocenters. The monoisotopic (exact) mass is 681 g/mol. The predicted molar refractivity (Wildman–Crippen MR) is 189 cm³/mol. The molecule has 6 N–H and O–H groups in total. The van der Waals surface area contributed by atoms with E-state index in [2.05, 4.69) is 40.6 Å². The third kappa shape index (κ3) is 7.44. The molecule has 6 rings (SSSR count). The Morgan fingerprint density at radius 3 is 2.07 bits per heavy atom. The van der Waals surface area contributed by atoms with E-state index < -0.39 is 5.91 Å². The van der Waals surface area contributed by atoms with E-state index in [4.69, 9.17) is 34.7 Å². The molecule has 0 unspecified atom stereocenters. The lowest BCUT2D eigenvalue weighted by atomic mass is 10.2. The summed E-state index contributed by atoms with van der Waals surface area (Å²) >= 11 is 9.51. The fourth-order valence-electron chi connectivity index (χ4n) is 5.49. The standard InChI is InChI=1S/C16H18N6OS2.C13H17N5S2/c17-12-11-10(2-3-19-15(11)25-13(12)14(18)23)21-5-1-6-22(8-7-21)16-20-4-9-24-16;1-10(11(9-14)12(15)19)17-4-2-5-18(7-6-17)13-16-3-8-20-13/h2-4,9H,1,5-8,17H2,(H2,18,23);3,8H,2,4-7H2,1H3,(H2,15,19)/b;11-10-. The molecule has 236 valence electrons. The molecule has 16 heteroatoms. The first-order valence-corrected chi connectivity index (χ1v) is 17.4. The third-order valence-corrected chi connectivity index (χ3v) is 10.7. The second kappa shape index (κ2) is 14.8. The van der Waals surface area contributed by atoms with Crippen LogP contribution in [0.3, 0.4) is 0 Å². The van der Waals surface area contributed by atoms with Crippen molar-refractivity contribution in [2.75, 3.05) is 72.8 Å². The van der Waals surface area contributed by atoms with Crippen molar-refractivity contribution < 1.29 is 4.79 Å². The number of pyridine rings is 1. The van der Waals surface area contributed by atoms with Crippen LogP contribution in [0.2, 0.25) is 0 Å². The van der Waals surface area contributed by atoms with Gasteiger partial charge in [0.15, 0.2) is 10.3 Å². The number of amides is 1. The second-order valence-electron chi connectivity index (χ2n) is 10.4. The molecule has 2 saturated heterocycles. The minimum absolute atomic E-state index is 0.172. The zero-order valence-corrected chi connectivity index (χ0v) is 28.2. The normalized spacial score (nSPS) is 16.3. The molecule has 0 saturated carbocycles. The van der Waals surface area contributed by atoms with Gasteiger partial charge in [0.2, 0.25) is 0 Å². The van der Waals surface area contributed by atoms with Gasteiger partial charge in [0.25, 0.3) is 5.91 Å². The number of hydrogen-bond acceptors (Lipinski definition) is 14. The summed E-state index contributed by atoms with van der Waals surface area (Å²) in [5, 5.41) is 16.1. The first-order chi connectivity index (χ1) is 21.8. The maximum Gasteiger partial charge on any atom is 0.260 e. The van der Waals surface area contributed by atoms with E-state index in [0.717, 1.165) is 97.1 Å². The first-order valence-electron chi connectivity index (χ1n) is 14.4. The Kier molecular flexibility index (Phi) is 10.7. The van der Waals surface area contributed by atoms with Gasteiger partial charge < -0.3 is 36.8 Å². The molecule has 0 aliphatic carbocycles. The van der Waals surface area contributed by atoms with Crippen LogP contribution in [0, 0.1) is 11.3 Å². The molecule has 6 heterocycles. The van der Waals surface area contributed by atoms with Gasteiger partial charge in [-0.1, -0.05) is 12.2 Å². The Labute approximate surface area is 279 Å². The summed E-state index contributed by atoms with van der Waals surface area (Å²) in [5.74, 6) is -0.503. The average Bonchev–Trinajstić information content (AvgIpc) is 3.74. The number of allylic oxidation sites excluding steroid dienone is 1. The summed E-state index contributed by atoms with van der Waals surface area (Å²) in [6, 6.07) is 4.07. The van der Waals surface area contributed by atoms with Crippen LogP contribution in [0.25, 0.3) is 10.2 Å². The number of carbonyl (C=O) groups is 1. The number of rotatable bonds is 6. The molecule has 1 amide bonds. The lowest BCUT2D eigenvalue weighted by Crippen LogP contribution is -2.31. The Morgan fingerprint density at radius 2 is 1.49 bits per heavy atom. The quantitative estimate of drug-likeness (QED) is 0.153. The van der Waals surface area contributed by atoms with Crippen molar-refractivity contribution in [3.05, 3.63) is 51.6 Å². The number of thiazole rings is 2. The second-order valence-corrected chi connectivity index (χ2v) is 13.6. The Balaban J connectivity index is 0.000000183. The number of nitrogens with two attached hydrogens (primary N) is 3. The van der Waals surface area contributed by atoms with Crippen molar-refractivity contribution in [2.24, 2.45) is 11.5 Å². The van der Waals surface area contributed by atoms with Gasteiger partial charge in [-0.3, -0.25) is 4.79 Å². The number of aromatic nitrogens is 3. The summed E-state index contributed by atoms with van der Waals surface area (Å²) in [5.41, 5.74) is 20.0. The highest BCUT2D eigenvalue weighted by Gasteiger charge is 2.23. The molecule has 0 spiro atoms. The zero-order valence-electron chi connectivity index (χ0n) is 24.9. The van der Waals surface area contributed by atoms with Crippen molar-refractivity contribution in [1.29, 1.82) is 5.26 Å². The number of fused-ring (bicyclic) bond motifs is 1. The van der Waals surface area contributed by atoms with Crippen molar-refractivity contribution in [1.82, 2.24) is 19.9 Å². The number of carbonyl (C=O) groups excluding carboxylic acids is 1. The molecule has 2 fully saturated rings. The first kappa shape index (κ1) is 32.4. The van der Waals surface area contributed by atoms with Crippen LogP contribution in [0.4, 0.5) is 21.6 Å². The largest absolute Gasteiger partial charge is 0.397 e. The van der Waals surface area contributed by atoms with Gasteiger partial charge in [-0.25, -0.2) is 15.0 Å². The molecular weight excluding hydrogens is 647 g/mol. The number of thiophene rings is 1. The maximum atomic E-state index is 11.6. The highest BCUT2D eigenvalue weighted by molar-refractivity contribution is 7.80. The number of thiocarbonyl (C=S) groups is 1. The van der Waals surface area contributed by atoms with Gasteiger partial charge in [0.1, 0.15) is 26.3 Å². The molecule has 4 aromatic rings. The van der Waals surface area contributed by atoms with Crippen LogP contribution in [-0.4, -0.2) is 83.1 Å². The van der Waals surface area contributed by atoms with E-state index in [0.29, 0.717) is 16.1 Å². The SMILES string of the molecule is C/C(=C(\C#N)C(N)=S)N1CCCN(c2nccs2)CC1.NC(=O)c1sc2nccc(N3CCCN(c4nccs4)CC3)c2c1N. The summed E-state index contributed by atoms with van der Waals surface area (Å²) in [4.78, 5) is 35.1. The molecule has 0 radical (unpaired) electrons. The predicted octanol–water partition coefficient (Wildman–Crippen LogP) is 3.89. The molecule has 2 aliphatic rings. The van der Waals surface area contributed by atoms with Crippen LogP contribution in [0.5, 0.6) is 0 Å². The summed E-state index contributed by atoms with van der Waals surface area (Å²) in [7, 11) is 0. The number of nitriles is 1. The molecule has 0 bridgehead atoms. The summed E-state index contributed by atoms with van der Waals surface area (Å²) in [6.07, 6.45) is 7.48. The van der Waals surface area contributed by atoms with Gasteiger partial charge in [-0.05, 0) is 25.8 Å². The highest BCUT2D eigenvalue weighted by Crippen LogP contribution is 2.38. The zero-order chi connectivity index (χ0) is 31.9. The lowest BCUT2D eigenvalue weighted by Gasteiger charge is -2.24. The highest BCUT2D eigenvalue weighted by atomic mass is 32.1. The molecular formula is C29H35N11OS4. The van der Waals surface area contributed by atoms with E-state index >= 15 is 0 Å². The summed E-state index contributed by atoms with van der Waals surface area (Å²) < 4.78 is 0. The van der Waals surface area contributed by atoms with E-state index in [9.17, 15) is 4.79 Å². The van der Waals surface area contributed by atoms with Gasteiger partial charge in [-0.15, -0.1) is 34.0 Å². The van der Waals surface area contributed by atoms with Crippen LogP contribution >= 0.6 is 46.2 Å². The minimum atomic E-state index is -0.503. The number of anilines is 4. The number of nitrogen functional groups attached to an aromatic ring is 1. The number of primary amides is 1. The minimum Gasteiger partial charge on any atom is -0.397 e. The van der Waals surface area contributed by atoms with Crippen molar-refractivity contribution in [2.45, 2.75) is 19.8 Å². The van der Waals surface area contributed by atoms with E-state index in [1.165, 1.54) is 11.3 Å². The van der Waals surface area contributed by atoms with Gasteiger partial charge >= 0.3 is 0 Å². The fraction of sp³-hybridized carbons (Fsp3) is 0.379. The van der Waals surface area contributed by atoms with Crippen molar-refractivity contribution in [3.8, 4) is 6.07 Å². The number of nitrogens with zero attached hydrogens (tertiary/aromatic N) is 8. The van der Waals surface area contributed by atoms with E-state index in [1.54, 1.807) is 28.9 Å². The average molecular weight is 682 g/mol. The van der Waals surface area contributed by atoms with Crippen LogP contribution in [0.1, 0.15) is 29.4 Å². The molecule has 0 aromatic carbocycles. The van der Waals surface area contributed by atoms with E-state index in [1.807, 2.05) is 36.1 Å². The Bertz CT molecular complexity index is 1690. The van der Waals surface area contributed by atoms with Crippen molar-refractivity contribution >= 4 is 89.0 Å². The van der Waals surface area contributed by atoms with Crippen LogP contribution in [-0.2, 0) is 0 Å². The maximum absolute atomic E-state index is 11.6. The third-order valence-electron chi connectivity index (χ3n) is 7.74. The number of hydrogen-bond donors (Lipinski definition) is 3. The van der Waals surface area contributed by atoms with Gasteiger partial charge in [0.05, 0.1) is 16.8 Å². The van der Waals surface area contributed by atoms with Crippen molar-refractivity contribution in [3.63, 3.8) is 0 Å². The van der Waals surface area contributed by atoms with Crippen LogP contribution in [0.15, 0.2) is 46.7 Å². The Morgan fingerprint density at radius 1 is 0.889 bits per heavy atom. The van der Waals surface area contributed by atoms with Gasteiger partial charge in [-0.2, -0.15) is 5.26 Å². The molecule has 45 heavy (non-hydrogen) atoms. The Hall–Kier alpha value is -4.04. The smallest absolute Gasteiger partial charge is 0.260 e. The van der Waals surface area contributed by atoms with Gasteiger partial charge in [0, 0.05) is 87.4 Å². The lowest BCUT2D eigenvalue weighted by molar-refractivity contribution is 0.100. The van der Waals surface area contributed by atoms with E-state index in [-0.39, 0.29) is 4.99 Å². The molecule has 2 aliphatic heterocycles. The van der Waals surface area contributed by atoms with Crippen LogP contribution < -0.4 is 31.9 Å².